The van der Waals surface area contributed by atoms with Crippen molar-refractivity contribution in [2.24, 2.45) is 0 Å². The molecule has 1 aliphatic rings. The smallest absolute Gasteiger partial charge is 0.306 e. The largest absolute Gasteiger partial charge is 0.324 e. The Morgan fingerprint density at radius 3 is 3.12 bits per heavy atom. The summed E-state index contributed by atoms with van der Waals surface area (Å²) in [6.07, 6.45) is 7.92. The van der Waals surface area contributed by atoms with E-state index < -0.39 is 0 Å². The van der Waals surface area contributed by atoms with Gasteiger partial charge in [0.15, 0.2) is 0 Å². The first-order valence-electron chi connectivity index (χ1n) is 5.37. The molecule has 0 bridgehead atoms. The van der Waals surface area contributed by atoms with Crippen LogP contribution >= 0.6 is 11.3 Å². The monoisotopic (exact) mass is 238 g/mol. The second-order valence-corrected chi connectivity index (χ2v) is 4.79. The zero-order chi connectivity index (χ0) is 11.4. The Bertz CT molecular complexity index is 400. The van der Waals surface area contributed by atoms with Crippen molar-refractivity contribution in [1.82, 2.24) is 5.32 Å². The van der Waals surface area contributed by atoms with E-state index in [1.54, 1.807) is 6.07 Å². The molecule has 0 amide bonds. The molecule has 1 N–H and O–H groups in total. The summed E-state index contributed by atoms with van der Waals surface area (Å²) in [4.78, 5) is 10.2. The van der Waals surface area contributed by atoms with Gasteiger partial charge in [-0.1, -0.05) is 23.5 Å². The number of nitro groups is 1. The molecule has 1 atom stereocenters. The van der Waals surface area contributed by atoms with Crippen LogP contribution in [0, 0.1) is 10.1 Å². The van der Waals surface area contributed by atoms with Crippen molar-refractivity contribution >= 4 is 16.3 Å². The summed E-state index contributed by atoms with van der Waals surface area (Å²) in [6.45, 7) is 0.708. The first-order chi connectivity index (χ1) is 7.75. The van der Waals surface area contributed by atoms with Gasteiger partial charge < -0.3 is 5.32 Å². The Morgan fingerprint density at radius 2 is 2.50 bits per heavy atom. The summed E-state index contributed by atoms with van der Waals surface area (Å²) < 4.78 is 0. The van der Waals surface area contributed by atoms with Crippen molar-refractivity contribution in [3.8, 4) is 0 Å². The van der Waals surface area contributed by atoms with Crippen LogP contribution in [0.4, 0.5) is 5.00 Å². The van der Waals surface area contributed by atoms with Gasteiger partial charge in [-0.15, -0.1) is 0 Å². The molecule has 0 aliphatic heterocycles. The molecule has 1 unspecified atom stereocenters. The van der Waals surface area contributed by atoms with Crippen molar-refractivity contribution in [1.29, 1.82) is 0 Å². The molecule has 1 aliphatic carbocycles. The van der Waals surface area contributed by atoms with Crippen LogP contribution in [-0.2, 0) is 6.54 Å². The standard InChI is InChI=1S/C11H14N2O2S/c14-13(15)11-6-9(8-16-11)7-12-10-4-2-1-3-5-10/h2,4,6,8,10,12H,1,3,5,7H2. The molecule has 16 heavy (non-hydrogen) atoms. The van der Waals surface area contributed by atoms with Gasteiger partial charge in [-0.2, -0.15) is 0 Å². The number of nitrogens with one attached hydrogen (secondary N) is 1. The molecule has 1 aromatic heterocycles. The van der Waals surface area contributed by atoms with Crippen LogP contribution in [0.25, 0.3) is 0 Å². The van der Waals surface area contributed by atoms with Gasteiger partial charge >= 0.3 is 5.00 Å². The SMILES string of the molecule is O=[N+]([O-])c1cc(CNC2C=CCCC2)cs1. The summed E-state index contributed by atoms with van der Waals surface area (Å²) >= 11 is 1.19. The van der Waals surface area contributed by atoms with Crippen LogP contribution in [-0.4, -0.2) is 11.0 Å². The fourth-order valence-corrected chi connectivity index (χ4v) is 2.51. The minimum atomic E-state index is -0.339. The van der Waals surface area contributed by atoms with E-state index in [-0.39, 0.29) is 9.92 Å². The van der Waals surface area contributed by atoms with E-state index in [9.17, 15) is 10.1 Å². The molecule has 4 nitrogen and oxygen atoms in total. The van der Waals surface area contributed by atoms with E-state index in [4.69, 9.17) is 0 Å². The highest BCUT2D eigenvalue weighted by molar-refractivity contribution is 7.13. The van der Waals surface area contributed by atoms with Crippen molar-refractivity contribution in [3.05, 3.63) is 39.3 Å². The van der Waals surface area contributed by atoms with Gasteiger partial charge in [-0.3, -0.25) is 10.1 Å². The Kier molecular flexibility index (Phi) is 3.69. The van der Waals surface area contributed by atoms with Crippen LogP contribution in [0.1, 0.15) is 24.8 Å². The second-order valence-electron chi connectivity index (χ2n) is 3.90. The molecule has 0 fully saturated rings. The highest BCUT2D eigenvalue weighted by Gasteiger charge is 2.11. The van der Waals surface area contributed by atoms with E-state index in [1.807, 2.05) is 5.38 Å². The van der Waals surface area contributed by atoms with E-state index in [0.29, 0.717) is 12.6 Å². The van der Waals surface area contributed by atoms with E-state index >= 15 is 0 Å². The summed E-state index contributed by atoms with van der Waals surface area (Å²) in [5, 5.41) is 16.0. The molecule has 0 saturated carbocycles. The van der Waals surface area contributed by atoms with Crippen LogP contribution < -0.4 is 5.32 Å². The first kappa shape index (κ1) is 11.3. The second kappa shape index (κ2) is 5.23. The lowest BCUT2D eigenvalue weighted by atomic mass is 10.0. The van der Waals surface area contributed by atoms with Gasteiger partial charge in [0.2, 0.25) is 0 Å². The fourth-order valence-electron chi connectivity index (χ4n) is 1.78. The van der Waals surface area contributed by atoms with Crippen molar-refractivity contribution in [2.75, 3.05) is 0 Å². The minimum Gasteiger partial charge on any atom is -0.306 e. The molecular weight excluding hydrogens is 224 g/mol. The first-order valence-corrected chi connectivity index (χ1v) is 6.25. The molecular formula is C11H14N2O2S. The quantitative estimate of drug-likeness (QED) is 0.498. The molecule has 1 aromatic rings. The lowest BCUT2D eigenvalue weighted by molar-refractivity contribution is -0.380. The Labute approximate surface area is 98.1 Å². The normalized spacial score (nSPS) is 19.9. The van der Waals surface area contributed by atoms with Gasteiger partial charge in [0.05, 0.1) is 4.92 Å². The molecule has 0 spiro atoms. The van der Waals surface area contributed by atoms with Gasteiger partial charge in [0, 0.05) is 24.0 Å². The third-order valence-electron chi connectivity index (χ3n) is 2.64. The van der Waals surface area contributed by atoms with Crippen molar-refractivity contribution < 1.29 is 4.92 Å². The Balaban J connectivity index is 1.86. The molecule has 0 radical (unpaired) electrons. The predicted octanol–water partition coefficient (Wildman–Crippen LogP) is 2.85. The van der Waals surface area contributed by atoms with Crippen LogP contribution in [0.3, 0.4) is 0 Å². The number of hydrogen-bond acceptors (Lipinski definition) is 4. The number of rotatable bonds is 4. The number of thiophene rings is 1. The highest BCUT2D eigenvalue weighted by Crippen LogP contribution is 2.22. The Morgan fingerprint density at radius 1 is 1.62 bits per heavy atom. The maximum absolute atomic E-state index is 10.5. The Hall–Kier alpha value is -1.20. The highest BCUT2D eigenvalue weighted by atomic mass is 32.1. The van der Waals surface area contributed by atoms with Crippen molar-refractivity contribution in [2.45, 2.75) is 31.8 Å². The van der Waals surface area contributed by atoms with Crippen molar-refractivity contribution in [3.63, 3.8) is 0 Å². The zero-order valence-corrected chi connectivity index (χ0v) is 9.70. The molecule has 5 heteroatoms. The zero-order valence-electron chi connectivity index (χ0n) is 8.89. The van der Waals surface area contributed by atoms with E-state index in [1.165, 1.54) is 24.2 Å². The molecule has 2 rings (SSSR count). The topological polar surface area (TPSA) is 55.2 Å². The number of nitrogens with zero attached hydrogens (tertiary/aromatic N) is 1. The van der Waals surface area contributed by atoms with Gasteiger partial charge in [0.25, 0.3) is 0 Å². The summed E-state index contributed by atoms with van der Waals surface area (Å²) in [7, 11) is 0. The minimum absolute atomic E-state index is 0.219. The van der Waals surface area contributed by atoms with E-state index in [2.05, 4.69) is 17.5 Å². The average molecular weight is 238 g/mol. The lowest BCUT2D eigenvalue weighted by Crippen LogP contribution is -2.27. The van der Waals surface area contributed by atoms with E-state index in [0.717, 1.165) is 12.0 Å². The average Bonchev–Trinajstić information content (AvgIpc) is 2.76. The van der Waals surface area contributed by atoms with Crippen LogP contribution in [0.15, 0.2) is 23.6 Å². The fraction of sp³-hybridized carbons (Fsp3) is 0.455. The lowest BCUT2D eigenvalue weighted by Gasteiger charge is -2.17. The van der Waals surface area contributed by atoms with Gasteiger partial charge in [-0.05, 0) is 24.8 Å². The maximum atomic E-state index is 10.5. The molecule has 1 heterocycles. The van der Waals surface area contributed by atoms with Gasteiger partial charge in [0.1, 0.15) is 0 Å². The summed E-state index contributed by atoms with van der Waals surface area (Å²) in [5.74, 6) is 0. The number of allylic oxidation sites excluding steroid dienone is 1. The molecule has 86 valence electrons. The van der Waals surface area contributed by atoms with Crippen LogP contribution in [0.2, 0.25) is 0 Å². The maximum Gasteiger partial charge on any atom is 0.324 e. The third-order valence-corrected chi connectivity index (χ3v) is 3.57. The summed E-state index contributed by atoms with van der Waals surface area (Å²) in [5.41, 5.74) is 0.996. The predicted molar refractivity (Wildman–Crippen MR) is 64.6 cm³/mol. The third kappa shape index (κ3) is 2.90. The van der Waals surface area contributed by atoms with Gasteiger partial charge in [-0.25, -0.2) is 0 Å². The van der Waals surface area contributed by atoms with Crippen LogP contribution in [0.5, 0.6) is 0 Å². The summed E-state index contributed by atoms with van der Waals surface area (Å²) in [6, 6.07) is 2.07. The molecule has 0 saturated heterocycles. The number of hydrogen-bond donors (Lipinski definition) is 1. The molecule has 0 aromatic carbocycles.